The number of nitrogens with zero attached hydrogens (tertiary/aromatic N) is 1. The summed E-state index contributed by atoms with van der Waals surface area (Å²) in [5.41, 5.74) is 2.53. The summed E-state index contributed by atoms with van der Waals surface area (Å²) in [4.78, 5) is 41.9. The highest BCUT2D eigenvalue weighted by molar-refractivity contribution is 14.1. The first-order valence-corrected chi connectivity index (χ1v) is 14.8. The minimum atomic E-state index is -0.818. The van der Waals surface area contributed by atoms with E-state index in [1.54, 1.807) is 4.90 Å². The summed E-state index contributed by atoms with van der Waals surface area (Å²) in [7, 11) is 0. The Bertz CT molecular complexity index is 1230. The van der Waals surface area contributed by atoms with Crippen LogP contribution in [0.5, 0.6) is 0 Å². The fraction of sp³-hybridized carbons (Fsp3) is 0.222. The molecule has 1 fully saturated rings. The van der Waals surface area contributed by atoms with E-state index in [1.165, 1.54) is 23.1 Å². The van der Waals surface area contributed by atoms with Crippen LogP contribution in [0.1, 0.15) is 22.1 Å². The summed E-state index contributed by atoms with van der Waals surface area (Å²) in [6.07, 6.45) is -0.365. The molecule has 5 rings (SSSR count). The lowest BCUT2D eigenvalue weighted by Crippen LogP contribution is -2.74. The topological polar surface area (TPSA) is 75.7 Å². The highest BCUT2D eigenvalue weighted by Crippen LogP contribution is 2.41. The average molecular weight is 631 g/mol. The molecule has 3 atom stereocenters. The van der Waals surface area contributed by atoms with Crippen molar-refractivity contribution < 1.29 is 19.1 Å². The van der Waals surface area contributed by atoms with Crippen molar-refractivity contribution in [3.63, 3.8) is 0 Å². The Morgan fingerprint density at radius 3 is 2.25 bits per heavy atom. The van der Waals surface area contributed by atoms with Crippen LogP contribution in [0.3, 0.4) is 0 Å². The van der Waals surface area contributed by atoms with Gasteiger partial charge in [-0.2, -0.15) is 0 Å². The Kier molecular flexibility index (Phi) is 7.78. The molecule has 2 amide bonds. The second-order valence-corrected chi connectivity index (χ2v) is 11.2. The third-order valence-electron chi connectivity index (χ3n) is 6.12. The first kappa shape index (κ1) is 25.0. The van der Waals surface area contributed by atoms with Gasteiger partial charge in [-0.05, 0) is 33.6 Å². The van der Waals surface area contributed by atoms with Crippen LogP contribution in [0.25, 0.3) is 0 Å². The van der Waals surface area contributed by atoms with Crippen molar-refractivity contribution in [1.29, 1.82) is 0 Å². The van der Waals surface area contributed by atoms with Gasteiger partial charge in [0.25, 0.3) is 0 Å². The van der Waals surface area contributed by atoms with Crippen molar-refractivity contribution in [2.24, 2.45) is 0 Å². The first-order chi connectivity index (χ1) is 17.6. The minimum absolute atomic E-state index is 0.202. The zero-order valence-corrected chi connectivity index (χ0v) is 22.9. The van der Waals surface area contributed by atoms with E-state index in [4.69, 9.17) is 4.74 Å². The number of amides is 2. The van der Waals surface area contributed by atoms with Gasteiger partial charge in [-0.3, -0.25) is 9.59 Å². The predicted octanol–water partition coefficient (Wildman–Crippen LogP) is 4.71. The second-order valence-electron chi connectivity index (χ2n) is 8.44. The molecule has 0 aliphatic carbocycles. The Morgan fingerprint density at radius 2 is 1.67 bits per heavy atom. The number of benzene rings is 2. The Balaban J connectivity index is 1.35. The molecule has 0 bridgehead atoms. The van der Waals surface area contributed by atoms with Crippen LogP contribution < -0.4 is 5.32 Å². The fourth-order valence-electron chi connectivity index (χ4n) is 4.37. The molecule has 0 saturated carbocycles. The van der Waals surface area contributed by atoms with E-state index in [9.17, 15) is 14.4 Å². The van der Waals surface area contributed by atoms with Gasteiger partial charge in [0, 0.05) is 9.30 Å². The Morgan fingerprint density at radius 1 is 1.00 bits per heavy atom. The molecular weight excluding hydrogens is 607 g/mol. The molecule has 1 saturated heterocycles. The highest BCUT2D eigenvalue weighted by Gasteiger charge is 2.56. The molecule has 2 aromatic carbocycles. The first-order valence-electron chi connectivity index (χ1n) is 11.4. The number of carbonyl (C=O) groups excluding carboxylic acids is 3. The van der Waals surface area contributed by atoms with Crippen LogP contribution in [-0.4, -0.2) is 44.6 Å². The van der Waals surface area contributed by atoms with E-state index in [-0.39, 0.29) is 23.6 Å². The smallest absolute Gasteiger partial charge is 0.334 e. The van der Waals surface area contributed by atoms with Crippen molar-refractivity contribution in [3.8, 4) is 0 Å². The van der Waals surface area contributed by atoms with Gasteiger partial charge in [-0.15, -0.1) is 23.1 Å². The molecule has 1 aromatic heterocycles. The van der Waals surface area contributed by atoms with Gasteiger partial charge in [0.2, 0.25) is 11.8 Å². The van der Waals surface area contributed by atoms with Gasteiger partial charge in [-0.1, -0.05) is 89.3 Å². The van der Waals surface area contributed by atoms with E-state index in [1.807, 2.05) is 83.6 Å². The number of alkyl halides is 1. The number of esters is 1. The molecule has 36 heavy (non-hydrogen) atoms. The van der Waals surface area contributed by atoms with Crippen LogP contribution in [0.4, 0.5) is 0 Å². The molecule has 0 radical (unpaired) electrons. The van der Waals surface area contributed by atoms with Crippen molar-refractivity contribution in [1.82, 2.24) is 10.2 Å². The summed E-state index contributed by atoms with van der Waals surface area (Å²) < 4.78 is 6.69. The molecule has 9 heteroatoms. The summed E-state index contributed by atoms with van der Waals surface area (Å²) >= 11 is 5.16. The SMILES string of the molecule is O=C(Cc1cccs1)N[C@@H]1C(=O)N2[C@@H](C(=O)OC(c3ccccc3)c3ccccc3)C(CI)=CS[C@H]12. The third-order valence-corrected chi connectivity index (χ3v) is 9.09. The lowest BCUT2D eigenvalue weighted by atomic mass is 9.97. The molecule has 3 aromatic rings. The number of carbonyl (C=O) groups is 3. The van der Waals surface area contributed by atoms with Gasteiger partial charge >= 0.3 is 5.97 Å². The van der Waals surface area contributed by atoms with Crippen molar-refractivity contribution >= 4 is 63.5 Å². The van der Waals surface area contributed by atoms with Gasteiger partial charge in [0.1, 0.15) is 11.4 Å². The molecule has 0 unspecified atom stereocenters. The summed E-state index contributed by atoms with van der Waals surface area (Å²) in [6.45, 7) is 0. The summed E-state index contributed by atoms with van der Waals surface area (Å²) in [6, 6.07) is 21.5. The zero-order chi connectivity index (χ0) is 25.1. The van der Waals surface area contributed by atoms with Gasteiger partial charge < -0.3 is 15.0 Å². The monoisotopic (exact) mass is 630 g/mol. The van der Waals surface area contributed by atoms with E-state index < -0.39 is 24.2 Å². The molecule has 2 aliphatic heterocycles. The van der Waals surface area contributed by atoms with Gasteiger partial charge in [0.15, 0.2) is 12.1 Å². The molecule has 0 spiro atoms. The van der Waals surface area contributed by atoms with E-state index in [0.29, 0.717) is 4.43 Å². The van der Waals surface area contributed by atoms with Crippen LogP contribution in [0, 0.1) is 0 Å². The Hall–Kier alpha value is -2.63. The molecule has 1 N–H and O–H groups in total. The van der Waals surface area contributed by atoms with Crippen molar-refractivity contribution in [2.45, 2.75) is 30.0 Å². The number of rotatable bonds is 8. The quantitative estimate of drug-likeness (QED) is 0.169. The lowest BCUT2D eigenvalue weighted by Gasteiger charge is -2.51. The average Bonchev–Trinajstić information content (AvgIpc) is 3.43. The number of thioether (sulfide) groups is 1. The number of hydrogen-bond donors (Lipinski definition) is 1. The number of halogens is 1. The maximum atomic E-state index is 13.6. The molecule has 2 aliphatic rings. The number of thiophene rings is 1. The molecule has 3 heterocycles. The number of fused-ring (bicyclic) bond motifs is 1. The normalized spacial score (nSPS) is 20.8. The van der Waals surface area contributed by atoms with Gasteiger partial charge in [-0.25, -0.2) is 4.79 Å². The predicted molar refractivity (Wildman–Crippen MR) is 150 cm³/mol. The standard InChI is InChI=1S/C27H23IN2O4S2/c28-15-19-16-36-26-22(29-21(31)14-20-12-7-13-35-20)25(32)30(26)23(19)27(33)34-24(17-8-3-1-4-9-17)18-10-5-2-6-11-18/h1-13,16,22-24,26H,14-15H2,(H,29,31)/t22-,23-,26-/m1/s1. The Labute approximate surface area is 231 Å². The third kappa shape index (κ3) is 5.09. The number of nitrogens with one attached hydrogen (secondary N) is 1. The summed E-state index contributed by atoms with van der Waals surface area (Å²) in [5.74, 6) is -0.940. The van der Waals surface area contributed by atoms with Crippen LogP contribution in [-0.2, 0) is 25.5 Å². The van der Waals surface area contributed by atoms with E-state index >= 15 is 0 Å². The van der Waals surface area contributed by atoms with Crippen molar-refractivity contribution in [3.05, 3.63) is 105 Å². The van der Waals surface area contributed by atoms with E-state index in [2.05, 4.69) is 27.9 Å². The van der Waals surface area contributed by atoms with Crippen LogP contribution >= 0.6 is 45.7 Å². The van der Waals surface area contributed by atoms with Crippen LogP contribution in [0.15, 0.2) is 89.2 Å². The largest absolute Gasteiger partial charge is 0.451 e. The molecule has 6 nitrogen and oxygen atoms in total. The molecular formula is C27H23IN2O4S2. The maximum Gasteiger partial charge on any atom is 0.334 e. The zero-order valence-electron chi connectivity index (χ0n) is 19.1. The fourth-order valence-corrected chi connectivity index (χ4v) is 7.23. The minimum Gasteiger partial charge on any atom is -0.451 e. The van der Waals surface area contributed by atoms with Gasteiger partial charge in [0.05, 0.1) is 6.42 Å². The summed E-state index contributed by atoms with van der Waals surface area (Å²) in [5, 5.41) is 6.37. The second kappa shape index (κ2) is 11.2. The number of β-lactam (4-membered cyclic amide) rings is 1. The number of hydrogen-bond acceptors (Lipinski definition) is 6. The van der Waals surface area contributed by atoms with E-state index in [0.717, 1.165) is 21.6 Å². The number of ether oxygens (including phenoxy) is 1. The van der Waals surface area contributed by atoms with Crippen molar-refractivity contribution in [2.75, 3.05) is 4.43 Å². The molecule has 184 valence electrons. The maximum absolute atomic E-state index is 13.6. The lowest BCUT2D eigenvalue weighted by molar-refractivity contribution is -0.165. The van der Waals surface area contributed by atoms with Crippen LogP contribution in [0.2, 0.25) is 0 Å². The highest BCUT2D eigenvalue weighted by atomic mass is 127.